The maximum absolute atomic E-state index is 13.3. The van der Waals surface area contributed by atoms with Gasteiger partial charge in [0.2, 0.25) is 10.0 Å². The number of nitrogens with one attached hydrogen (secondary N) is 2. The maximum Gasteiger partial charge on any atom is 0.211 e. The van der Waals surface area contributed by atoms with Crippen molar-refractivity contribution in [3.05, 3.63) is 35.6 Å². The molecule has 1 rings (SSSR count). The van der Waals surface area contributed by atoms with Crippen molar-refractivity contribution in [2.75, 3.05) is 18.8 Å². The first-order chi connectivity index (χ1) is 9.41. The van der Waals surface area contributed by atoms with Gasteiger partial charge in [-0.25, -0.2) is 17.5 Å². The van der Waals surface area contributed by atoms with Crippen molar-refractivity contribution in [2.24, 2.45) is 0 Å². The molecule has 0 aliphatic heterocycles. The average molecular weight is 302 g/mol. The monoisotopic (exact) mass is 302 g/mol. The van der Waals surface area contributed by atoms with Gasteiger partial charge in [0.15, 0.2) is 0 Å². The summed E-state index contributed by atoms with van der Waals surface area (Å²) in [6, 6.07) is 6.75. The van der Waals surface area contributed by atoms with Crippen LogP contribution in [0.15, 0.2) is 24.3 Å². The Kier molecular flexibility index (Phi) is 7.12. The Morgan fingerprint density at radius 1 is 1.20 bits per heavy atom. The van der Waals surface area contributed by atoms with E-state index in [1.54, 1.807) is 18.2 Å². The zero-order chi connectivity index (χ0) is 15.0. The van der Waals surface area contributed by atoms with Crippen molar-refractivity contribution >= 4 is 10.0 Å². The van der Waals surface area contributed by atoms with Crippen molar-refractivity contribution in [3.8, 4) is 0 Å². The Morgan fingerprint density at radius 2 is 1.90 bits per heavy atom. The molecule has 0 atom stereocenters. The molecule has 0 aliphatic carbocycles. The minimum absolute atomic E-state index is 0.0873. The number of hydrogen-bond acceptors (Lipinski definition) is 3. The van der Waals surface area contributed by atoms with Crippen LogP contribution < -0.4 is 10.0 Å². The van der Waals surface area contributed by atoms with Crippen LogP contribution >= 0.6 is 0 Å². The van der Waals surface area contributed by atoms with E-state index in [2.05, 4.69) is 10.0 Å². The van der Waals surface area contributed by atoms with Crippen LogP contribution in [0.5, 0.6) is 0 Å². The molecular formula is C14H23FN2O2S. The van der Waals surface area contributed by atoms with Crippen LogP contribution in [0.2, 0.25) is 0 Å². The molecule has 114 valence electrons. The first-order valence-electron chi connectivity index (χ1n) is 6.85. The molecule has 0 spiro atoms. The van der Waals surface area contributed by atoms with Crippen LogP contribution in [-0.2, 0) is 16.4 Å². The van der Waals surface area contributed by atoms with Crippen LogP contribution in [0.1, 0.15) is 25.8 Å². The summed E-state index contributed by atoms with van der Waals surface area (Å²) < 4.78 is 39.3. The van der Waals surface area contributed by atoms with E-state index in [0.29, 0.717) is 31.0 Å². The lowest BCUT2D eigenvalue weighted by molar-refractivity contribution is 0.559. The van der Waals surface area contributed by atoms with Crippen LogP contribution in [0, 0.1) is 5.82 Å². The highest BCUT2D eigenvalue weighted by Crippen LogP contribution is 2.06. The van der Waals surface area contributed by atoms with Gasteiger partial charge in [0.25, 0.3) is 0 Å². The highest BCUT2D eigenvalue weighted by molar-refractivity contribution is 7.89. The zero-order valence-corrected chi connectivity index (χ0v) is 12.8. The smallest absolute Gasteiger partial charge is 0.211 e. The van der Waals surface area contributed by atoms with Crippen LogP contribution in [-0.4, -0.2) is 33.3 Å². The molecule has 6 heteroatoms. The first kappa shape index (κ1) is 17.1. The summed E-state index contributed by atoms with van der Waals surface area (Å²) in [5.74, 6) is -0.211. The highest BCUT2D eigenvalue weighted by Gasteiger charge is 2.10. The van der Waals surface area contributed by atoms with Gasteiger partial charge in [-0.2, -0.15) is 0 Å². The molecular weight excluding hydrogens is 279 g/mol. The van der Waals surface area contributed by atoms with Crippen LogP contribution in [0.4, 0.5) is 4.39 Å². The van der Waals surface area contributed by atoms with Gasteiger partial charge >= 0.3 is 0 Å². The Morgan fingerprint density at radius 3 is 2.55 bits per heavy atom. The van der Waals surface area contributed by atoms with E-state index in [1.807, 2.05) is 13.8 Å². The van der Waals surface area contributed by atoms with Gasteiger partial charge in [-0.05, 0) is 31.0 Å². The molecule has 0 saturated carbocycles. The van der Waals surface area contributed by atoms with E-state index in [0.717, 1.165) is 0 Å². The molecule has 20 heavy (non-hydrogen) atoms. The summed E-state index contributed by atoms with van der Waals surface area (Å²) in [6.45, 7) is 4.93. The van der Waals surface area contributed by atoms with Crippen molar-refractivity contribution in [2.45, 2.75) is 32.7 Å². The van der Waals surface area contributed by atoms with Gasteiger partial charge in [-0.1, -0.05) is 32.0 Å². The van der Waals surface area contributed by atoms with E-state index >= 15 is 0 Å². The Bertz CT molecular complexity index is 504. The summed E-state index contributed by atoms with van der Waals surface area (Å²) in [5, 5.41) is 3.17. The topological polar surface area (TPSA) is 58.2 Å². The number of sulfonamides is 1. The molecule has 0 aliphatic rings. The quantitative estimate of drug-likeness (QED) is 0.682. The van der Waals surface area contributed by atoms with Crippen molar-refractivity contribution in [3.63, 3.8) is 0 Å². The minimum Gasteiger partial charge on any atom is -0.314 e. The molecule has 1 aromatic rings. The van der Waals surface area contributed by atoms with E-state index in [1.165, 1.54) is 6.07 Å². The highest BCUT2D eigenvalue weighted by atomic mass is 32.2. The number of halogens is 1. The average Bonchev–Trinajstić information content (AvgIpc) is 2.37. The lowest BCUT2D eigenvalue weighted by Crippen LogP contribution is -2.31. The second-order valence-corrected chi connectivity index (χ2v) is 6.94. The fourth-order valence-corrected chi connectivity index (χ4v) is 2.85. The van der Waals surface area contributed by atoms with Gasteiger partial charge in [-0.3, -0.25) is 0 Å². The SMILES string of the molecule is CC(C)NCCCS(=O)(=O)NCCc1ccccc1F. The fraction of sp³-hybridized carbons (Fsp3) is 0.571. The molecule has 1 aromatic carbocycles. The predicted octanol–water partition coefficient (Wildman–Crippen LogP) is 1.68. The van der Waals surface area contributed by atoms with Crippen molar-refractivity contribution in [1.82, 2.24) is 10.0 Å². The number of benzene rings is 1. The summed E-state index contributed by atoms with van der Waals surface area (Å²) in [6.07, 6.45) is 0.920. The lowest BCUT2D eigenvalue weighted by atomic mass is 10.1. The third kappa shape index (κ3) is 6.98. The van der Waals surface area contributed by atoms with Gasteiger partial charge in [0.1, 0.15) is 5.82 Å². The lowest BCUT2D eigenvalue weighted by Gasteiger charge is -2.09. The third-order valence-electron chi connectivity index (χ3n) is 2.82. The third-order valence-corrected chi connectivity index (χ3v) is 4.29. The number of hydrogen-bond donors (Lipinski definition) is 2. The molecule has 0 fully saturated rings. The molecule has 0 aromatic heterocycles. The molecule has 2 N–H and O–H groups in total. The normalized spacial score (nSPS) is 12.0. The van der Waals surface area contributed by atoms with E-state index < -0.39 is 10.0 Å². The maximum atomic E-state index is 13.3. The largest absolute Gasteiger partial charge is 0.314 e. The molecule has 0 bridgehead atoms. The van der Waals surface area contributed by atoms with Gasteiger partial charge < -0.3 is 5.32 Å². The van der Waals surface area contributed by atoms with Gasteiger partial charge in [0, 0.05) is 12.6 Å². The van der Waals surface area contributed by atoms with Crippen molar-refractivity contribution in [1.29, 1.82) is 0 Å². The predicted molar refractivity (Wildman–Crippen MR) is 79.6 cm³/mol. The van der Waals surface area contributed by atoms with E-state index in [-0.39, 0.29) is 18.1 Å². The van der Waals surface area contributed by atoms with Crippen molar-refractivity contribution < 1.29 is 12.8 Å². The Labute approximate surface area is 120 Å². The molecule has 4 nitrogen and oxygen atoms in total. The molecule has 0 unspecified atom stereocenters. The molecule has 0 saturated heterocycles. The fourth-order valence-electron chi connectivity index (χ4n) is 1.77. The second-order valence-electron chi connectivity index (χ2n) is 5.02. The standard InChI is InChI=1S/C14H23FN2O2S/c1-12(2)16-9-5-11-20(18,19)17-10-8-13-6-3-4-7-14(13)15/h3-4,6-7,12,16-17H,5,8-11H2,1-2H3. The Balaban J connectivity index is 2.28. The molecule has 0 amide bonds. The summed E-state index contributed by atoms with van der Waals surface area (Å²) in [5.41, 5.74) is 0.525. The minimum atomic E-state index is -3.27. The Hall–Kier alpha value is -0.980. The first-order valence-corrected chi connectivity index (χ1v) is 8.50. The summed E-state index contributed by atoms with van der Waals surface area (Å²) in [7, 11) is -3.27. The van der Waals surface area contributed by atoms with E-state index in [4.69, 9.17) is 0 Å². The van der Waals surface area contributed by atoms with Gasteiger partial charge in [0.05, 0.1) is 5.75 Å². The van der Waals surface area contributed by atoms with E-state index in [9.17, 15) is 12.8 Å². The molecule has 0 radical (unpaired) electrons. The second kappa shape index (κ2) is 8.34. The zero-order valence-electron chi connectivity index (χ0n) is 12.0. The van der Waals surface area contributed by atoms with Crippen LogP contribution in [0.3, 0.4) is 0 Å². The van der Waals surface area contributed by atoms with Gasteiger partial charge in [-0.15, -0.1) is 0 Å². The van der Waals surface area contributed by atoms with Crippen LogP contribution in [0.25, 0.3) is 0 Å². The number of rotatable bonds is 9. The molecule has 0 heterocycles. The summed E-state index contributed by atoms with van der Waals surface area (Å²) >= 11 is 0. The summed E-state index contributed by atoms with van der Waals surface area (Å²) in [4.78, 5) is 0.